The number of fused-ring (bicyclic) bond motifs is 1. The second-order valence-corrected chi connectivity index (χ2v) is 7.43. The van der Waals surface area contributed by atoms with E-state index in [9.17, 15) is 10.0 Å². The van der Waals surface area contributed by atoms with E-state index in [4.69, 9.17) is 4.74 Å². The zero-order valence-corrected chi connectivity index (χ0v) is 16.3. The first kappa shape index (κ1) is 19.0. The molecule has 0 aliphatic rings. The highest BCUT2D eigenvalue weighted by molar-refractivity contribution is 5.97. The van der Waals surface area contributed by atoms with Crippen LogP contribution in [0.4, 0.5) is 5.69 Å². The highest BCUT2D eigenvalue weighted by Crippen LogP contribution is 2.41. The second-order valence-electron chi connectivity index (χ2n) is 7.43. The lowest BCUT2D eigenvalue weighted by Gasteiger charge is -2.12. The first-order chi connectivity index (χ1) is 12.9. The molecule has 5 nitrogen and oxygen atoms in total. The second kappa shape index (κ2) is 7.82. The van der Waals surface area contributed by atoms with Crippen molar-refractivity contribution in [3.8, 4) is 11.6 Å². The molecular weight excluding hydrogens is 340 g/mol. The maximum atomic E-state index is 11.3. The molecule has 3 rings (SSSR count). The van der Waals surface area contributed by atoms with Gasteiger partial charge in [0.05, 0.1) is 18.7 Å². The number of ether oxygens (including phenoxy) is 1. The summed E-state index contributed by atoms with van der Waals surface area (Å²) in [6.45, 7) is 9.51. The first-order valence-corrected chi connectivity index (χ1v) is 9.28. The summed E-state index contributed by atoms with van der Waals surface area (Å²) in [5.74, 6) is 1.36. The van der Waals surface area contributed by atoms with Crippen molar-refractivity contribution in [2.45, 2.75) is 40.7 Å². The Balaban J connectivity index is 1.89. The minimum absolute atomic E-state index is 0.0917. The zero-order chi connectivity index (χ0) is 19.6. The van der Waals surface area contributed by atoms with Crippen molar-refractivity contribution >= 4 is 16.6 Å². The van der Waals surface area contributed by atoms with Crippen LogP contribution in [-0.2, 0) is 6.54 Å². The van der Waals surface area contributed by atoms with Crippen molar-refractivity contribution < 1.29 is 9.84 Å². The summed E-state index contributed by atoms with van der Waals surface area (Å²) in [7, 11) is 0. The van der Waals surface area contributed by atoms with Crippen LogP contribution in [0.5, 0.6) is 11.6 Å². The van der Waals surface area contributed by atoms with E-state index >= 15 is 0 Å². The molecular formula is C22H26N2O3. The number of aromatic hydroxyl groups is 1. The Kier molecular flexibility index (Phi) is 5.49. The van der Waals surface area contributed by atoms with Gasteiger partial charge in [0.1, 0.15) is 5.75 Å². The third-order valence-electron chi connectivity index (χ3n) is 5.01. The van der Waals surface area contributed by atoms with E-state index < -0.39 is 0 Å². The van der Waals surface area contributed by atoms with Gasteiger partial charge in [-0.05, 0) is 60.2 Å². The Labute approximate surface area is 159 Å². The molecule has 0 aliphatic carbocycles. The highest BCUT2D eigenvalue weighted by atomic mass is 16.5. The van der Waals surface area contributed by atoms with E-state index in [0.29, 0.717) is 24.5 Å². The molecule has 1 heterocycles. The quantitative estimate of drug-likeness (QED) is 0.535. The van der Waals surface area contributed by atoms with Crippen molar-refractivity contribution in [1.29, 1.82) is 0 Å². The minimum Gasteiger partial charge on any atom is -0.494 e. The molecule has 1 N–H and O–H groups in total. The summed E-state index contributed by atoms with van der Waals surface area (Å²) in [5, 5.41) is 14.3. The number of aromatic nitrogens is 1. The lowest BCUT2D eigenvalue weighted by Crippen LogP contribution is -2.02. The molecule has 0 fully saturated rings. The minimum atomic E-state index is -0.0917. The number of hydrogen-bond donors (Lipinski definition) is 1. The van der Waals surface area contributed by atoms with Gasteiger partial charge in [-0.3, -0.25) is 0 Å². The normalized spacial score (nSPS) is 11.3. The number of nitrogens with zero attached hydrogens (tertiary/aromatic N) is 2. The van der Waals surface area contributed by atoms with Crippen LogP contribution < -0.4 is 4.74 Å². The van der Waals surface area contributed by atoms with Gasteiger partial charge < -0.3 is 14.4 Å². The Morgan fingerprint density at radius 1 is 1.11 bits per heavy atom. The SMILES string of the molecule is Cc1ccc2c(N=O)c(O)n(Cc3ccc(OCCC(C)C)cc3)c2c1C. The van der Waals surface area contributed by atoms with E-state index in [-0.39, 0.29) is 11.6 Å². The first-order valence-electron chi connectivity index (χ1n) is 9.28. The van der Waals surface area contributed by atoms with Gasteiger partial charge in [-0.1, -0.05) is 38.1 Å². The number of hydrogen-bond acceptors (Lipinski definition) is 4. The van der Waals surface area contributed by atoms with Crippen molar-refractivity contribution in [3.63, 3.8) is 0 Å². The lowest BCUT2D eigenvalue weighted by atomic mass is 10.1. The largest absolute Gasteiger partial charge is 0.494 e. The van der Waals surface area contributed by atoms with E-state index in [1.165, 1.54) is 0 Å². The topological polar surface area (TPSA) is 63.8 Å². The fraction of sp³-hybridized carbons (Fsp3) is 0.364. The monoisotopic (exact) mass is 366 g/mol. The van der Waals surface area contributed by atoms with Gasteiger partial charge in [0.2, 0.25) is 5.88 Å². The summed E-state index contributed by atoms with van der Waals surface area (Å²) in [5.41, 5.74) is 4.09. The average Bonchev–Trinajstić information content (AvgIpc) is 2.91. The summed E-state index contributed by atoms with van der Waals surface area (Å²) >= 11 is 0. The number of benzene rings is 2. The van der Waals surface area contributed by atoms with E-state index in [0.717, 1.165) is 34.4 Å². The summed E-state index contributed by atoms with van der Waals surface area (Å²) < 4.78 is 7.51. The van der Waals surface area contributed by atoms with Crippen molar-refractivity contribution in [2.75, 3.05) is 6.61 Å². The molecule has 0 bridgehead atoms. The molecule has 142 valence electrons. The Hall–Kier alpha value is -2.82. The Bertz CT molecular complexity index is 956. The van der Waals surface area contributed by atoms with Gasteiger partial charge in [-0.2, -0.15) is 0 Å². The van der Waals surface area contributed by atoms with Crippen LogP contribution in [0.3, 0.4) is 0 Å². The zero-order valence-electron chi connectivity index (χ0n) is 16.3. The van der Waals surface area contributed by atoms with Crippen LogP contribution in [0.25, 0.3) is 10.9 Å². The maximum absolute atomic E-state index is 11.3. The van der Waals surface area contributed by atoms with E-state index in [2.05, 4.69) is 19.0 Å². The van der Waals surface area contributed by atoms with Crippen molar-refractivity contribution in [3.05, 3.63) is 58.0 Å². The molecule has 0 spiro atoms. The smallest absolute Gasteiger partial charge is 0.222 e. The molecule has 2 aromatic carbocycles. The van der Waals surface area contributed by atoms with Crippen LogP contribution >= 0.6 is 0 Å². The third-order valence-corrected chi connectivity index (χ3v) is 5.01. The molecule has 0 aliphatic heterocycles. The number of rotatable bonds is 7. The molecule has 1 aromatic heterocycles. The summed E-state index contributed by atoms with van der Waals surface area (Å²) in [6, 6.07) is 11.6. The predicted molar refractivity (Wildman–Crippen MR) is 109 cm³/mol. The van der Waals surface area contributed by atoms with Crippen LogP contribution in [0.2, 0.25) is 0 Å². The van der Waals surface area contributed by atoms with Crippen LogP contribution in [0.1, 0.15) is 37.0 Å². The molecule has 0 saturated carbocycles. The van der Waals surface area contributed by atoms with Gasteiger partial charge >= 0.3 is 0 Å². The molecule has 0 unspecified atom stereocenters. The predicted octanol–water partition coefficient (Wildman–Crippen LogP) is 5.83. The van der Waals surface area contributed by atoms with Gasteiger partial charge in [0.25, 0.3) is 0 Å². The Morgan fingerprint density at radius 2 is 1.81 bits per heavy atom. The fourth-order valence-corrected chi connectivity index (χ4v) is 3.22. The van der Waals surface area contributed by atoms with Gasteiger partial charge in [-0.15, -0.1) is 4.91 Å². The van der Waals surface area contributed by atoms with Crippen molar-refractivity contribution in [1.82, 2.24) is 4.57 Å². The molecule has 5 heteroatoms. The molecule has 0 amide bonds. The molecule has 0 saturated heterocycles. The van der Waals surface area contributed by atoms with Gasteiger partial charge in [-0.25, -0.2) is 0 Å². The molecule has 27 heavy (non-hydrogen) atoms. The number of aryl methyl sites for hydroxylation is 2. The molecule has 0 radical (unpaired) electrons. The van der Waals surface area contributed by atoms with Gasteiger partial charge in [0, 0.05) is 5.39 Å². The van der Waals surface area contributed by atoms with Crippen LogP contribution in [-0.4, -0.2) is 16.3 Å². The third kappa shape index (κ3) is 3.82. The molecule has 0 atom stereocenters. The van der Waals surface area contributed by atoms with Crippen LogP contribution in [0, 0.1) is 24.7 Å². The summed E-state index contributed by atoms with van der Waals surface area (Å²) in [6.07, 6.45) is 1.02. The van der Waals surface area contributed by atoms with E-state index in [1.807, 2.05) is 50.2 Å². The maximum Gasteiger partial charge on any atom is 0.222 e. The molecule has 3 aromatic rings. The highest BCUT2D eigenvalue weighted by Gasteiger charge is 2.20. The number of nitroso groups, excluding NO2 is 1. The van der Waals surface area contributed by atoms with E-state index in [1.54, 1.807) is 4.57 Å². The average molecular weight is 366 g/mol. The lowest BCUT2D eigenvalue weighted by molar-refractivity contribution is 0.289. The Morgan fingerprint density at radius 3 is 2.44 bits per heavy atom. The van der Waals surface area contributed by atoms with Gasteiger partial charge in [0.15, 0.2) is 5.69 Å². The standard InChI is InChI=1S/C22H26N2O3/c1-14(2)11-12-27-18-8-6-17(7-9-18)13-24-21-16(4)15(3)5-10-19(21)20(23-26)22(24)25/h5-10,14,25H,11-13H2,1-4H3. The van der Waals surface area contributed by atoms with Crippen molar-refractivity contribution in [2.24, 2.45) is 11.1 Å². The van der Waals surface area contributed by atoms with Crippen LogP contribution in [0.15, 0.2) is 41.6 Å². The fourth-order valence-electron chi connectivity index (χ4n) is 3.22. The summed E-state index contributed by atoms with van der Waals surface area (Å²) in [4.78, 5) is 11.3.